The predicted octanol–water partition coefficient (Wildman–Crippen LogP) is 6.19. The van der Waals surface area contributed by atoms with Crippen LogP contribution in [-0.4, -0.2) is 16.1 Å². The maximum atomic E-state index is 10.6. The zero-order valence-corrected chi connectivity index (χ0v) is 18.6. The summed E-state index contributed by atoms with van der Waals surface area (Å²) < 4.78 is 7.38. The van der Waals surface area contributed by atoms with E-state index in [0.717, 1.165) is 26.3 Å². The third kappa shape index (κ3) is 5.75. The Labute approximate surface area is 188 Å². The minimum absolute atomic E-state index is 0.0835. The smallest absolute Gasteiger partial charge is 0.287 e. The first-order valence-electron chi connectivity index (χ1n) is 8.19. The van der Waals surface area contributed by atoms with Crippen LogP contribution < -0.4 is 10.2 Å². The Morgan fingerprint density at radius 2 is 1.93 bits per heavy atom. The van der Waals surface area contributed by atoms with Gasteiger partial charge in [-0.1, -0.05) is 29.8 Å². The van der Waals surface area contributed by atoms with E-state index in [1.54, 1.807) is 6.21 Å². The van der Waals surface area contributed by atoms with E-state index < -0.39 is 4.92 Å². The van der Waals surface area contributed by atoms with Crippen molar-refractivity contribution in [3.63, 3.8) is 0 Å². The van der Waals surface area contributed by atoms with Gasteiger partial charge >= 0.3 is 0 Å². The Balaban J connectivity index is 1.66. The van der Waals surface area contributed by atoms with Crippen LogP contribution in [0.4, 0.5) is 11.5 Å². The Morgan fingerprint density at radius 3 is 2.55 bits per heavy atom. The van der Waals surface area contributed by atoms with Crippen LogP contribution in [0.3, 0.4) is 0 Å². The lowest BCUT2D eigenvalue weighted by molar-refractivity contribution is -0.385. The molecule has 1 N–H and O–H groups in total. The van der Waals surface area contributed by atoms with Gasteiger partial charge in [-0.15, -0.1) is 0 Å². The number of nitrogens with zero attached hydrogens (tertiary/aromatic N) is 3. The fraction of sp³-hybridized carbons (Fsp3) is 0.0526. The molecule has 0 saturated heterocycles. The van der Waals surface area contributed by atoms with Crippen molar-refractivity contribution >= 4 is 61.2 Å². The molecular formula is C19H13Br2ClN4O3. The molecule has 3 aromatic rings. The van der Waals surface area contributed by atoms with Crippen LogP contribution in [0.1, 0.15) is 11.1 Å². The Hall–Kier alpha value is -2.49. The molecule has 0 bridgehead atoms. The van der Waals surface area contributed by atoms with E-state index in [9.17, 15) is 10.1 Å². The highest BCUT2D eigenvalue weighted by atomic mass is 79.9. The van der Waals surface area contributed by atoms with E-state index in [-0.39, 0.29) is 5.69 Å². The number of nitro groups is 1. The summed E-state index contributed by atoms with van der Waals surface area (Å²) in [6, 6.07) is 14.0. The van der Waals surface area contributed by atoms with E-state index in [2.05, 4.69) is 47.4 Å². The van der Waals surface area contributed by atoms with E-state index >= 15 is 0 Å². The van der Waals surface area contributed by atoms with Gasteiger partial charge in [0, 0.05) is 16.7 Å². The minimum Gasteiger partial charge on any atom is -0.486 e. The molecule has 0 radical (unpaired) electrons. The molecule has 0 fully saturated rings. The summed E-state index contributed by atoms with van der Waals surface area (Å²) in [7, 11) is 0. The summed E-state index contributed by atoms with van der Waals surface area (Å²) in [5.41, 5.74) is 4.32. The van der Waals surface area contributed by atoms with Crippen molar-refractivity contribution in [2.75, 3.05) is 5.43 Å². The second-order valence-electron chi connectivity index (χ2n) is 5.72. The van der Waals surface area contributed by atoms with E-state index in [0.29, 0.717) is 23.2 Å². The van der Waals surface area contributed by atoms with Crippen LogP contribution >= 0.6 is 43.5 Å². The maximum Gasteiger partial charge on any atom is 0.287 e. The van der Waals surface area contributed by atoms with Crippen LogP contribution in [0.25, 0.3) is 0 Å². The molecule has 1 heterocycles. The molecule has 0 atom stereocenters. The first kappa shape index (κ1) is 21.2. The number of nitrogens with one attached hydrogen (secondary N) is 1. The normalized spacial score (nSPS) is 10.9. The summed E-state index contributed by atoms with van der Waals surface area (Å²) in [6.07, 6.45) is 2.76. The van der Waals surface area contributed by atoms with Crippen molar-refractivity contribution in [2.24, 2.45) is 5.10 Å². The summed E-state index contributed by atoms with van der Waals surface area (Å²) in [5.74, 6) is 1.04. The fourth-order valence-electron chi connectivity index (χ4n) is 2.29. The summed E-state index contributed by atoms with van der Waals surface area (Å²) in [5, 5.41) is 15.4. The van der Waals surface area contributed by atoms with Gasteiger partial charge < -0.3 is 4.74 Å². The Bertz CT molecular complexity index is 1040. The summed E-state index contributed by atoms with van der Waals surface area (Å²) in [6.45, 7) is 0.331. The zero-order chi connectivity index (χ0) is 20.8. The first-order valence-corrected chi connectivity index (χ1v) is 10.1. The molecule has 10 heteroatoms. The van der Waals surface area contributed by atoms with Gasteiger partial charge in [-0.25, -0.2) is 4.98 Å². The van der Waals surface area contributed by atoms with Crippen molar-refractivity contribution < 1.29 is 9.66 Å². The average molecular weight is 541 g/mol. The van der Waals surface area contributed by atoms with E-state index in [4.69, 9.17) is 16.3 Å². The minimum atomic E-state index is -0.509. The van der Waals surface area contributed by atoms with Crippen molar-refractivity contribution in [2.45, 2.75) is 6.61 Å². The van der Waals surface area contributed by atoms with Gasteiger partial charge in [-0.2, -0.15) is 5.10 Å². The molecule has 3 rings (SSSR count). The van der Waals surface area contributed by atoms with Gasteiger partial charge in [0.25, 0.3) is 5.69 Å². The van der Waals surface area contributed by atoms with Crippen LogP contribution in [-0.2, 0) is 6.61 Å². The topological polar surface area (TPSA) is 89.7 Å². The number of aromatic nitrogens is 1. The maximum absolute atomic E-state index is 10.6. The van der Waals surface area contributed by atoms with Gasteiger partial charge in [0.05, 0.1) is 20.1 Å². The van der Waals surface area contributed by atoms with Gasteiger partial charge in [0.15, 0.2) is 0 Å². The molecule has 0 saturated carbocycles. The van der Waals surface area contributed by atoms with Crippen molar-refractivity contribution in [3.8, 4) is 5.75 Å². The van der Waals surface area contributed by atoms with E-state index in [1.807, 2.05) is 36.4 Å². The quantitative estimate of drug-likeness (QED) is 0.219. The summed E-state index contributed by atoms with van der Waals surface area (Å²) >= 11 is 13.2. The standard InChI is InChI=1S/C19H13Br2ClN4O3/c20-15-7-12(9-24-25-18-6-5-14(10-23-18)26(27)28)8-16(21)19(15)29-11-13-3-1-2-4-17(13)22/h1-10H,11H2,(H,23,25)/b24-9+. The van der Waals surface area contributed by atoms with Crippen molar-refractivity contribution in [1.29, 1.82) is 0 Å². The molecular weight excluding hydrogens is 527 g/mol. The molecule has 0 amide bonds. The Morgan fingerprint density at radius 1 is 1.21 bits per heavy atom. The van der Waals surface area contributed by atoms with Crippen LogP contribution in [0.2, 0.25) is 5.02 Å². The number of hydrazone groups is 1. The zero-order valence-electron chi connectivity index (χ0n) is 14.7. The second kappa shape index (κ2) is 9.82. The predicted molar refractivity (Wildman–Crippen MR) is 120 cm³/mol. The molecule has 0 aliphatic rings. The number of hydrogen-bond donors (Lipinski definition) is 1. The van der Waals surface area contributed by atoms with Crippen LogP contribution in [0.5, 0.6) is 5.75 Å². The largest absolute Gasteiger partial charge is 0.486 e. The highest BCUT2D eigenvalue weighted by molar-refractivity contribution is 9.11. The molecule has 29 heavy (non-hydrogen) atoms. The van der Waals surface area contributed by atoms with Gasteiger partial charge in [0.1, 0.15) is 24.4 Å². The second-order valence-corrected chi connectivity index (χ2v) is 7.84. The van der Waals surface area contributed by atoms with Crippen LogP contribution in [0, 0.1) is 10.1 Å². The number of ether oxygens (including phenoxy) is 1. The van der Waals surface area contributed by atoms with Crippen molar-refractivity contribution in [1.82, 2.24) is 4.98 Å². The monoisotopic (exact) mass is 538 g/mol. The molecule has 148 valence electrons. The van der Waals surface area contributed by atoms with Gasteiger partial charge in [-0.05, 0) is 61.7 Å². The molecule has 2 aromatic carbocycles. The number of rotatable bonds is 7. The van der Waals surface area contributed by atoms with E-state index in [1.165, 1.54) is 12.1 Å². The molecule has 1 aromatic heterocycles. The third-order valence-corrected chi connectivity index (χ3v) is 5.25. The first-order chi connectivity index (χ1) is 13.9. The number of hydrogen-bond acceptors (Lipinski definition) is 6. The number of anilines is 1. The molecule has 7 nitrogen and oxygen atoms in total. The van der Waals surface area contributed by atoms with Gasteiger partial charge in [0.2, 0.25) is 0 Å². The molecule has 0 spiro atoms. The number of halogens is 3. The van der Waals surface area contributed by atoms with Crippen LogP contribution in [0.15, 0.2) is 68.8 Å². The Kier molecular flexibility index (Phi) is 7.18. The highest BCUT2D eigenvalue weighted by Gasteiger charge is 2.10. The van der Waals surface area contributed by atoms with Gasteiger partial charge in [-0.3, -0.25) is 15.5 Å². The number of pyridine rings is 1. The lowest BCUT2D eigenvalue weighted by atomic mass is 10.2. The molecule has 0 unspecified atom stereocenters. The highest BCUT2D eigenvalue weighted by Crippen LogP contribution is 2.35. The average Bonchev–Trinajstić information content (AvgIpc) is 2.69. The summed E-state index contributed by atoms with van der Waals surface area (Å²) in [4.78, 5) is 14.1. The molecule has 0 aliphatic carbocycles. The fourth-order valence-corrected chi connectivity index (χ4v) is 3.93. The lowest BCUT2D eigenvalue weighted by Gasteiger charge is -2.12. The number of benzene rings is 2. The SMILES string of the molecule is O=[N+]([O-])c1ccc(N/N=C/c2cc(Br)c(OCc3ccccc3Cl)c(Br)c2)nc1. The molecule has 0 aliphatic heterocycles. The lowest BCUT2D eigenvalue weighted by Crippen LogP contribution is -1.99. The van der Waals surface area contributed by atoms with Crippen molar-refractivity contribution in [3.05, 3.63) is 89.9 Å². The third-order valence-electron chi connectivity index (χ3n) is 3.70.